The summed E-state index contributed by atoms with van der Waals surface area (Å²) in [6.07, 6.45) is 1.26. The van der Waals surface area contributed by atoms with Crippen LogP contribution >= 0.6 is 0 Å². The molecule has 0 rings (SSSR count). The number of nitrogens with two attached hydrogens (primary N) is 1. The Morgan fingerprint density at radius 1 is 1.45 bits per heavy atom. The first-order valence-electron chi connectivity index (χ1n) is 3.57. The summed E-state index contributed by atoms with van der Waals surface area (Å²) < 4.78 is 0. The van der Waals surface area contributed by atoms with Crippen LogP contribution in [-0.2, 0) is 4.79 Å². The van der Waals surface area contributed by atoms with Crippen molar-refractivity contribution in [1.29, 1.82) is 0 Å². The van der Waals surface area contributed by atoms with E-state index in [4.69, 9.17) is 5.73 Å². The van der Waals surface area contributed by atoms with Gasteiger partial charge in [0.1, 0.15) is 0 Å². The van der Waals surface area contributed by atoms with Gasteiger partial charge in [0.15, 0.2) is 0 Å². The number of carbonyl (C=O) groups excluding carboxylic acids is 1. The number of rotatable bonds is 1. The molecule has 0 aliphatic carbocycles. The molecule has 0 aromatic rings. The molecule has 0 bridgehead atoms. The maximum Gasteiger partial charge on any atom is 0.249 e. The number of hydrogen-bond donors (Lipinski definition) is 1. The van der Waals surface area contributed by atoms with E-state index in [0.29, 0.717) is 0 Å². The molecule has 0 aliphatic heterocycles. The van der Waals surface area contributed by atoms with Gasteiger partial charge in [-0.05, 0) is 17.9 Å². The molecule has 0 aliphatic rings. The highest BCUT2D eigenvalue weighted by atomic mass is 16.1. The molecule has 0 saturated heterocycles. The van der Waals surface area contributed by atoms with Crippen LogP contribution in [0.25, 0.3) is 0 Å². The predicted octanol–water partition coefficient (Wildman–Crippen LogP) is 1.62. The lowest BCUT2D eigenvalue weighted by Gasteiger charge is -2.16. The number of amides is 1. The Morgan fingerprint density at radius 2 is 1.91 bits per heavy atom. The summed E-state index contributed by atoms with van der Waals surface area (Å²) in [6, 6.07) is 0. The van der Waals surface area contributed by atoms with Gasteiger partial charge in [-0.25, -0.2) is 0 Å². The Balaban J connectivity index is 4.60. The largest absolute Gasteiger partial charge is 0.366 e. The van der Waals surface area contributed by atoms with Gasteiger partial charge in [0, 0.05) is 6.08 Å². The lowest BCUT2D eigenvalue weighted by molar-refractivity contribution is -0.113. The highest BCUT2D eigenvalue weighted by Crippen LogP contribution is 2.22. The van der Waals surface area contributed by atoms with Gasteiger partial charge in [0.2, 0.25) is 5.91 Å². The maximum atomic E-state index is 10.3. The van der Waals surface area contributed by atoms with Crippen molar-refractivity contribution >= 4 is 5.91 Å². The van der Waals surface area contributed by atoms with Crippen molar-refractivity contribution in [3.05, 3.63) is 17.4 Å². The van der Waals surface area contributed by atoms with Gasteiger partial charge in [-0.3, -0.25) is 4.79 Å². The third kappa shape index (κ3) is 4.40. The summed E-state index contributed by atoms with van der Waals surface area (Å²) in [4.78, 5) is 10.3. The SMILES string of the molecule is CC(=C=CC(N)=O)C(C)(C)C. The molecule has 62 valence electrons. The predicted molar refractivity (Wildman–Crippen MR) is 45.9 cm³/mol. The van der Waals surface area contributed by atoms with E-state index in [2.05, 4.69) is 26.5 Å². The van der Waals surface area contributed by atoms with Crippen molar-refractivity contribution in [2.75, 3.05) is 0 Å². The molecule has 0 fully saturated rings. The summed E-state index contributed by atoms with van der Waals surface area (Å²) >= 11 is 0. The average Bonchev–Trinajstić information content (AvgIpc) is 1.80. The maximum absolute atomic E-state index is 10.3. The third-order valence-electron chi connectivity index (χ3n) is 1.56. The lowest BCUT2D eigenvalue weighted by Crippen LogP contribution is -2.07. The van der Waals surface area contributed by atoms with Crippen LogP contribution in [0.2, 0.25) is 0 Å². The quantitative estimate of drug-likeness (QED) is 0.451. The van der Waals surface area contributed by atoms with Crippen LogP contribution in [0.15, 0.2) is 17.4 Å². The van der Waals surface area contributed by atoms with E-state index < -0.39 is 5.91 Å². The van der Waals surface area contributed by atoms with Crippen molar-refractivity contribution in [1.82, 2.24) is 0 Å². The zero-order valence-electron chi connectivity index (χ0n) is 7.56. The second-order valence-corrected chi connectivity index (χ2v) is 3.57. The lowest BCUT2D eigenvalue weighted by atomic mass is 9.88. The number of primary amides is 1. The van der Waals surface area contributed by atoms with Gasteiger partial charge in [-0.2, -0.15) is 0 Å². The van der Waals surface area contributed by atoms with Gasteiger partial charge >= 0.3 is 0 Å². The Kier molecular flexibility index (Phi) is 3.09. The van der Waals surface area contributed by atoms with E-state index in [1.165, 1.54) is 6.08 Å². The van der Waals surface area contributed by atoms with Crippen LogP contribution in [0.3, 0.4) is 0 Å². The van der Waals surface area contributed by atoms with E-state index in [-0.39, 0.29) is 5.41 Å². The Labute approximate surface area is 67.8 Å². The van der Waals surface area contributed by atoms with E-state index >= 15 is 0 Å². The first-order chi connectivity index (χ1) is 4.84. The molecule has 0 aromatic carbocycles. The molecule has 0 atom stereocenters. The van der Waals surface area contributed by atoms with Gasteiger partial charge < -0.3 is 5.73 Å². The minimum atomic E-state index is -0.450. The molecule has 1 amide bonds. The average molecular weight is 153 g/mol. The molecule has 0 aromatic heterocycles. The molecule has 0 spiro atoms. The summed E-state index contributed by atoms with van der Waals surface area (Å²) in [6.45, 7) is 8.11. The summed E-state index contributed by atoms with van der Waals surface area (Å²) in [5.74, 6) is -0.450. The molecule has 0 unspecified atom stereocenters. The van der Waals surface area contributed by atoms with Crippen LogP contribution in [0.1, 0.15) is 27.7 Å². The molecule has 2 heteroatoms. The molecule has 0 heterocycles. The molecule has 2 N–H and O–H groups in total. The fourth-order valence-electron chi connectivity index (χ4n) is 0.396. The van der Waals surface area contributed by atoms with Crippen LogP contribution in [0.5, 0.6) is 0 Å². The summed E-state index contributed by atoms with van der Waals surface area (Å²) in [5, 5.41) is 0. The normalized spacial score (nSPS) is 10.2. The van der Waals surface area contributed by atoms with Crippen molar-refractivity contribution in [3.8, 4) is 0 Å². The third-order valence-corrected chi connectivity index (χ3v) is 1.56. The highest BCUT2D eigenvalue weighted by Gasteiger charge is 2.11. The van der Waals surface area contributed by atoms with Gasteiger partial charge in [-0.15, -0.1) is 5.73 Å². The molecular weight excluding hydrogens is 138 g/mol. The van der Waals surface area contributed by atoms with Gasteiger partial charge in [-0.1, -0.05) is 20.8 Å². The van der Waals surface area contributed by atoms with Gasteiger partial charge in [0.25, 0.3) is 0 Å². The standard InChI is InChI=1S/C9H15NO/c1-7(9(2,3)4)5-6-8(10)11/h6H,1-4H3,(H2,10,11). The highest BCUT2D eigenvalue weighted by molar-refractivity contribution is 5.85. The van der Waals surface area contributed by atoms with Crippen LogP contribution in [0, 0.1) is 5.41 Å². The zero-order chi connectivity index (χ0) is 9.07. The zero-order valence-corrected chi connectivity index (χ0v) is 7.56. The Hall–Kier alpha value is -1.01. The first-order valence-corrected chi connectivity index (χ1v) is 3.57. The Bertz CT molecular complexity index is 214. The molecular formula is C9H15NO. The summed E-state index contributed by atoms with van der Waals surface area (Å²) in [7, 11) is 0. The topological polar surface area (TPSA) is 43.1 Å². The number of hydrogen-bond acceptors (Lipinski definition) is 1. The van der Waals surface area contributed by atoms with Crippen molar-refractivity contribution in [2.45, 2.75) is 27.7 Å². The fourth-order valence-corrected chi connectivity index (χ4v) is 0.396. The van der Waals surface area contributed by atoms with Crippen molar-refractivity contribution < 1.29 is 4.79 Å². The monoisotopic (exact) mass is 153 g/mol. The first kappa shape index (κ1) is 9.99. The van der Waals surface area contributed by atoms with E-state index in [1.54, 1.807) is 0 Å². The molecule has 11 heavy (non-hydrogen) atoms. The van der Waals surface area contributed by atoms with E-state index in [0.717, 1.165) is 5.57 Å². The van der Waals surface area contributed by atoms with Crippen LogP contribution in [-0.4, -0.2) is 5.91 Å². The minimum Gasteiger partial charge on any atom is -0.366 e. The minimum absolute atomic E-state index is 0.0615. The second kappa shape index (κ2) is 3.40. The molecule has 2 nitrogen and oxygen atoms in total. The fraction of sp³-hybridized carbons (Fsp3) is 0.556. The summed E-state index contributed by atoms with van der Waals surface area (Å²) in [5.41, 5.74) is 8.84. The molecule has 0 saturated carbocycles. The smallest absolute Gasteiger partial charge is 0.249 e. The van der Waals surface area contributed by atoms with Crippen molar-refractivity contribution in [3.63, 3.8) is 0 Å². The van der Waals surface area contributed by atoms with Crippen LogP contribution in [0.4, 0.5) is 0 Å². The number of carbonyl (C=O) groups is 1. The van der Waals surface area contributed by atoms with E-state index in [9.17, 15) is 4.79 Å². The van der Waals surface area contributed by atoms with E-state index in [1.807, 2.05) is 6.92 Å². The second-order valence-electron chi connectivity index (χ2n) is 3.57. The molecule has 0 radical (unpaired) electrons. The van der Waals surface area contributed by atoms with Crippen molar-refractivity contribution in [2.24, 2.45) is 11.1 Å². The van der Waals surface area contributed by atoms with Gasteiger partial charge in [0.05, 0.1) is 0 Å². The van der Waals surface area contributed by atoms with Crippen LogP contribution < -0.4 is 5.73 Å². The Morgan fingerprint density at radius 3 is 2.18 bits per heavy atom.